The summed E-state index contributed by atoms with van der Waals surface area (Å²) in [5.41, 5.74) is 5.26. The Morgan fingerprint density at radius 3 is 2.33 bits per heavy atom. The number of amides is 3. The first-order chi connectivity index (χ1) is 19.2. The summed E-state index contributed by atoms with van der Waals surface area (Å²) in [5.74, 6) is 1.15. The molecule has 9 heteroatoms. The van der Waals surface area contributed by atoms with Crippen LogP contribution in [0, 0.1) is 12.8 Å². The molecular weight excluding hydrogens is 502 g/mol. The molecule has 0 spiro atoms. The number of H-pyrrole nitrogens is 1. The molecule has 9 nitrogen and oxygen atoms in total. The van der Waals surface area contributed by atoms with Gasteiger partial charge in [-0.2, -0.15) is 5.10 Å². The van der Waals surface area contributed by atoms with Gasteiger partial charge in [-0.05, 0) is 61.9 Å². The van der Waals surface area contributed by atoms with Gasteiger partial charge in [-0.1, -0.05) is 50.6 Å². The molecule has 3 heterocycles. The lowest BCUT2D eigenvalue weighted by molar-refractivity contribution is 0.0685. The van der Waals surface area contributed by atoms with Gasteiger partial charge < -0.3 is 15.2 Å². The standard InChI is InChI=1S/C31H37N7O2/c1-21-5-11-25(12-6-21)38-28(18-27(36-38)31(2,3)4)35-30(40)34-24-9-7-22(8-10-24)17-23-13-15-37(16-14-23)29(39)26-19-32-20-33-26/h5-12,18-20,23H,13-17H2,1-4H3,(H,32,33)(H2,34,35,40). The number of rotatable bonds is 6. The molecule has 208 valence electrons. The second-order valence-corrected chi connectivity index (χ2v) is 11.6. The maximum Gasteiger partial charge on any atom is 0.324 e. The lowest BCUT2D eigenvalue weighted by Gasteiger charge is -2.31. The van der Waals surface area contributed by atoms with E-state index >= 15 is 0 Å². The van der Waals surface area contributed by atoms with Crippen molar-refractivity contribution in [2.45, 2.75) is 52.4 Å². The molecule has 0 saturated carbocycles. The number of piperidine rings is 1. The second-order valence-electron chi connectivity index (χ2n) is 11.6. The van der Waals surface area contributed by atoms with Crippen molar-refractivity contribution in [2.75, 3.05) is 23.7 Å². The molecule has 2 aromatic carbocycles. The van der Waals surface area contributed by atoms with Gasteiger partial charge in [0.15, 0.2) is 0 Å². The molecule has 0 bridgehead atoms. The van der Waals surface area contributed by atoms with Crippen molar-refractivity contribution < 1.29 is 9.59 Å². The zero-order valence-corrected chi connectivity index (χ0v) is 23.6. The van der Waals surface area contributed by atoms with E-state index in [1.54, 1.807) is 10.9 Å². The molecule has 2 aromatic heterocycles. The third-order valence-electron chi connectivity index (χ3n) is 7.36. The lowest BCUT2D eigenvalue weighted by atomic mass is 9.90. The molecule has 5 rings (SSSR count). The normalized spacial score (nSPS) is 14.2. The van der Waals surface area contributed by atoms with Crippen molar-refractivity contribution in [1.82, 2.24) is 24.6 Å². The number of hydrogen-bond donors (Lipinski definition) is 3. The highest BCUT2D eigenvalue weighted by atomic mass is 16.2. The Balaban J connectivity index is 1.17. The minimum atomic E-state index is -0.323. The fourth-order valence-corrected chi connectivity index (χ4v) is 4.94. The molecule has 3 N–H and O–H groups in total. The van der Waals surface area contributed by atoms with Crippen molar-refractivity contribution in [1.29, 1.82) is 0 Å². The number of urea groups is 1. The maximum atomic E-state index is 12.9. The lowest BCUT2D eigenvalue weighted by Crippen LogP contribution is -2.39. The minimum absolute atomic E-state index is 0.0150. The Hall–Kier alpha value is -4.40. The van der Waals surface area contributed by atoms with E-state index in [-0.39, 0.29) is 17.4 Å². The molecular formula is C31H37N7O2. The molecule has 4 aromatic rings. The van der Waals surface area contributed by atoms with E-state index in [1.165, 1.54) is 11.9 Å². The van der Waals surface area contributed by atoms with E-state index in [1.807, 2.05) is 54.3 Å². The highest BCUT2D eigenvalue weighted by molar-refractivity contribution is 5.99. The van der Waals surface area contributed by atoms with E-state index < -0.39 is 0 Å². The topological polar surface area (TPSA) is 108 Å². The molecule has 0 unspecified atom stereocenters. The number of aryl methyl sites for hydroxylation is 1. The van der Waals surface area contributed by atoms with E-state index in [0.717, 1.165) is 55.0 Å². The quantitative estimate of drug-likeness (QED) is 0.282. The number of anilines is 2. The minimum Gasteiger partial charge on any atom is -0.341 e. The molecule has 1 aliphatic rings. The largest absolute Gasteiger partial charge is 0.341 e. The zero-order chi connectivity index (χ0) is 28.3. The highest BCUT2D eigenvalue weighted by Gasteiger charge is 2.25. The van der Waals surface area contributed by atoms with Crippen LogP contribution in [0.2, 0.25) is 0 Å². The summed E-state index contributed by atoms with van der Waals surface area (Å²) in [6, 6.07) is 17.7. The molecule has 0 atom stereocenters. The van der Waals surface area contributed by atoms with Crippen molar-refractivity contribution in [3.8, 4) is 5.69 Å². The molecule has 1 aliphatic heterocycles. The molecule has 1 saturated heterocycles. The number of benzene rings is 2. The van der Waals surface area contributed by atoms with Gasteiger partial charge in [-0.3, -0.25) is 10.1 Å². The van der Waals surface area contributed by atoms with Gasteiger partial charge in [0.05, 0.1) is 23.9 Å². The third-order valence-corrected chi connectivity index (χ3v) is 7.36. The number of aromatic amines is 1. The smallest absolute Gasteiger partial charge is 0.324 e. The van der Waals surface area contributed by atoms with E-state index in [4.69, 9.17) is 5.10 Å². The molecule has 0 aliphatic carbocycles. The Morgan fingerprint density at radius 2 is 1.70 bits per heavy atom. The number of nitrogens with one attached hydrogen (secondary N) is 3. The van der Waals surface area contributed by atoms with Crippen LogP contribution in [0.5, 0.6) is 0 Å². The number of nitrogens with zero attached hydrogens (tertiary/aromatic N) is 4. The van der Waals surface area contributed by atoms with Gasteiger partial charge in [0.1, 0.15) is 11.5 Å². The van der Waals surface area contributed by atoms with Crippen LogP contribution in [0.3, 0.4) is 0 Å². The van der Waals surface area contributed by atoms with Crippen LogP contribution in [-0.4, -0.2) is 49.7 Å². The molecule has 0 radical (unpaired) electrons. The highest BCUT2D eigenvalue weighted by Crippen LogP contribution is 2.27. The zero-order valence-electron chi connectivity index (χ0n) is 23.6. The third kappa shape index (κ3) is 6.42. The first-order valence-electron chi connectivity index (χ1n) is 13.8. The Kier molecular flexibility index (Phi) is 7.73. The van der Waals surface area contributed by atoms with Crippen LogP contribution < -0.4 is 10.6 Å². The summed E-state index contributed by atoms with van der Waals surface area (Å²) in [7, 11) is 0. The van der Waals surface area contributed by atoms with Gasteiger partial charge >= 0.3 is 6.03 Å². The Bertz CT molecular complexity index is 1440. The molecule has 3 amide bonds. The first kappa shape index (κ1) is 27.2. The van der Waals surface area contributed by atoms with Crippen LogP contribution in [0.25, 0.3) is 5.69 Å². The average molecular weight is 540 g/mol. The number of likely N-dealkylation sites (tertiary alicyclic amines) is 1. The van der Waals surface area contributed by atoms with Gasteiger partial charge in [0.2, 0.25) is 0 Å². The van der Waals surface area contributed by atoms with E-state index in [0.29, 0.717) is 17.4 Å². The summed E-state index contributed by atoms with van der Waals surface area (Å²) >= 11 is 0. The predicted octanol–water partition coefficient (Wildman–Crippen LogP) is 5.94. The molecule has 40 heavy (non-hydrogen) atoms. The summed E-state index contributed by atoms with van der Waals surface area (Å²) in [6.07, 6.45) is 5.99. The monoisotopic (exact) mass is 539 g/mol. The van der Waals surface area contributed by atoms with Gasteiger partial charge in [0, 0.05) is 30.3 Å². The van der Waals surface area contributed by atoms with Gasteiger partial charge in [-0.25, -0.2) is 14.5 Å². The van der Waals surface area contributed by atoms with Crippen LogP contribution in [0.15, 0.2) is 67.1 Å². The summed E-state index contributed by atoms with van der Waals surface area (Å²) < 4.78 is 1.77. The number of imidazole rings is 1. The van der Waals surface area contributed by atoms with Crippen molar-refractivity contribution >= 4 is 23.4 Å². The maximum absolute atomic E-state index is 12.9. The number of hydrogen-bond acceptors (Lipinski definition) is 4. The van der Waals surface area contributed by atoms with E-state index in [9.17, 15) is 9.59 Å². The fraction of sp³-hybridized carbons (Fsp3) is 0.355. The van der Waals surface area contributed by atoms with Crippen LogP contribution in [0.1, 0.15) is 60.9 Å². The number of carbonyl (C=O) groups excluding carboxylic acids is 2. The SMILES string of the molecule is Cc1ccc(-n2nc(C(C)(C)C)cc2NC(=O)Nc2ccc(CC3CCN(C(=O)c4cnc[nH]4)CC3)cc2)cc1. The summed E-state index contributed by atoms with van der Waals surface area (Å²) in [5, 5.41) is 10.7. The van der Waals surface area contributed by atoms with Gasteiger partial charge in [-0.15, -0.1) is 0 Å². The van der Waals surface area contributed by atoms with Crippen molar-refractivity contribution in [2.24, 2.45) is 5.92 Å². The van der Waals surface area contributed by atoms with Crippen molar-refractivity contribution in [3.05, 3.63) is 89.6 Å². The predicted molar refractivity (Wildman–Crippen MR) is 157 cm³/mol. The number of aromatic nitrogens is 4. The first-order valence-corrected chi connectivity index (χ1v) is 13.8. The van der Waals surface area contributed by atoms with Crippen molar-refractivity contribution in [3.63, 3.8) is 0 Å². The Labute approximate surface area is 235 Å². The fourth-order valence-electron chi connectivity index (χ4n) is 4.94. The van der Waals surface area contributed by atoms with Crippen LogP contribution in [0.4, 0.5) is 16.3 Å². The average Bonchev–Trinajstić information content (AvgIpc) is 3.61. The van der Waals surface area contributed by atoms with Gasteiger partial charge in [0.25, 0.3) is 5.91 Å². The Morgan fingerprint density at radius 1 is 1.00 bits per heavy atom. The van der Waals surface area contributed by atoms with Crippen LogP contribution in [-0.2, 0) is 11.8 Å². The second kappa shape index (κ2) is 11.4. The van der Waals surface area contributed by atoms with Crippen LogP contribution >= 0.6 is 0 Å². The van der Waals surface area contributed by atoms with E-state index in [2.05, 4.69) is 53.5 Å². The number of carbonyl (C=O) groups is 2. The summed E-state index contributed by atoms with van der Waals surface area (Å²) in [6.45, 7) is 9.84. The summed E-state index contributed by atoms with van der Waals surface area (Å²) in [4.78, 5) is 34.2. The molecule has 1 fully saturated rings.